The Morgan fingerprint density at radius 3 is 2.56 bits per heavy atom. The van der Waals surface area contributed by atoms with Crippen molar-refractivity contribution in [1.82, 2.24) is 0 Å². The standard InChI is InChI=1S/C28H28ClN3O4/c1-14-7-6-8-19(15(14)2)32-20-12-27(3,4)13-21(33)22(20)28(23(24(32)30)25(34)36-5)17-11-16(29)9-10-18(17)31-26(28)35/h6-11H,12-13,30H2,1-5H3,(H,31,35). The molecule has 2 aliphatic heterocycles. The average Bonchev–Trinajstić information content (AvgIpc) is 3.06. The maximum absolute atomic E-state index is 14.0. The van der Waals surface area contributed by atoms with E-state index in [0.717, 1.165) is 16.8 Å². The largest absolute Gasteiger partial charge is 0.466 e. The summed E-state index contributed by atoms with van der Waals surface area (Å²) in [6, 6.07) is 10.7. The first-order valence-corrected chi connectivity index (χ1v) is 12.1. The highest BCUT2D eigenvalue weighted by molar-refractivity contribution is 6.31. The Balaban J connectivity index is 1.96. The van der Waals surface area contributed by atoms with E-state index in [0.29, 0.717) is 28.4 Å². The number of ketones is 1. The third-order valence-electron chi connectivity index (χ3n) is 7.55. The van der Waals surface area contributed by atoms with Gasteiger partial charge in [-0.2, -0.15) is 0 Å². The van der Waals surface area contributed by atoms with Gasteiger partial charge in [-0.1, -0.05) is 37.6 Å². The van der Waals surface area contributed by atoms with Gasteiger partial charge in [-0.25, -0.2) is 4.79 Å². The number of halogens is 1. The summed E-state index contributed by atoms with van der Waals surface area (Å²) in [5.41, 5.74) is 9.08. The van der Waals surface area contributed by atoms with Gasteiger partial charge in [0, 0.05) is 34.0 Å². The minimum absolute atomic E-state index is 0.0581. The molecule has 3 N–H and O–H groups in total. The smallest absolute Gasteiger partial charge is 0.339 e. The van der Waals surface area contributed by atoms with Crippen LogP contribution in [0, 0.1) is 19.3 Å². The minimum atomic E-state index is -1.77. The van der Waals surface area contributed by atoms with Gasteiger partial charge in [-0.15, -0.1) is 0 Å². The number of anilines is 2. The van der Waals surface area contributed by atoms with Crippen molar-refractivity contribution in [3.8, 4) is 0 Å². The van der Waals surface area contributed by atoms with Crippen LogP contribution in [0.5, 0.6) is 0 Å². The van der Waals surface area contributed by atoms with E-state index >= 15 is 0 Å². The molecule has 0 saturated heterocycles. The zero-order chi connectivity index (χ0) is 26.2. The molecule has 8 heteroatoms. The number of aryl methyl sites for hydroxylation is 1. The molecule has 36 heavy (non-hydrogen) atoms. The van der Waals surface area contributed by atoms with Crippen molar-refractivity contribution in [2.75, 3.05) is 17.3 Å². The van der Waals surface area contributed by atoms with E-state index < -0.39 is 17.3 Å². The van der Waals surface area contributed by atoms with E-state index in [1.54, 1.807) is 23.1 Å². The fraction of sp³-hybridized carbons (Fsp3) is 0.321. The van der Waals surface area contributed by atoms with Crippen molar-refractivity contribution in [3.63, 3.8) is 0 Å². The number of ether oxygens (including phenoxy) is 1. The Bertz CT molecular complexity index is 1440. The van der Waals surface area contributed by atoms with Gasteiger partial charge in [0.05, 0.1) is 12.8 Å². The number of hydrogen-bond donors (Lipinski definition) is 2. The van der Waals surface area contributed by atoms with Crippen molar-refractivity contribution in [3.05, 3.63) is 80.8 Å². The van der Waals surface area contributed by atoms with Crippen molar-refractivity contribution >= 4 is 40.6 Å². The molecule has 186 valence electrons. The molecule has 0 bridgehead atoms. The highest BCUT2D eigenvalue weighted by Crippen LogP contribution is 2.58. The molecule has 1 amide bonds. The minimum Gasteiger partial charge on any atom is -0.466 e. The Labute approximate surface area is 214 Å². The maximum Gasteiger partial charge on any atom is 0.339 e. The number of nitrogens with zero attached hydrogens (tertiary/aromatic N) is 1. The number of amides is 1. The summed E-state index contributed by atoms with van der Waals surface area (Å²) < 4.78 is 5.18. The summed E-state index contributed by atoms with van der Waals surface area (Å²) in [5, 5.41) is 3.23. The van der Waals surface area contributed by atoms with Gasteiger partial charge in [0.1, 0.15) is 16.8 Å². The van der Waals surface area contributed by atoms with Crippen LogP contribution in [0.2, 0.25) is 5.02 Å². The van der Waals surface area contributed by atoms with Crippen LogP contribution >= 0.6 is 11.6 Å². The lowest BCUT2D eigenvalue weighted by Gasteiger charge is -2.47. The quantitative estimate of drug-likeness (QED) is 0.576. The number of allylic oxidation sites excluding steroid dienone is 1. The summed E-state index contributed by atoms with van der Waals surface area (Å²) >= 11 is 6.38. The number of esters is 1. The second-order valence-electron chi connectivity index (χ2n) is 10.5. The van der Waals surface area contributed by atoms with Gasteiger partial charge in [0.25, 0.3) is 0 Å². The number of nitrogens with one attached hydrogen (secondary N) is 1. The molecule has 2 aromatic rings. The van der Waals surface area contributed by atoms with Crippen LogP contribution in [0.1, 0.15) is 43.4 Å². The number of benzene rings is 2. The van der Waals surface area contributed by atoms with Crippen LogP contribution in [0.3, 0.4) is 0 Å². The fourth-order valence-corrected chi connectivity index (χ4v) is 6.03. The van der Waals surface area contributed by atoms with E-state index in [2.05, 4.69) is 5.32 Å². The van der Waals surface area contributed by atoms with Crippen LogP contribution in [0.15, 0.2) is 59.1 Å². The van der Waals surface area contributed by atoms with Gasteiger partial charge in [0.2, 0.25) is 5.91 Å². The molecule has 2 heterocycles. The number of Topliss-reactive ketones (excluding diaryl/α,β-unsaturated/α-hetero) is 1. The molecule has 0 radical (unpaired) electrons. The average molecular weight is 506 g/mol. The van der Waals surface area contributed by atoms with Crippen LogP contribution in [-0.4, -0.2) is 24.8 Å². The van der Waals surface area contributed by atoms with Crippen LogP contribution in [-0.2, 0) is 24.5 Å². The Morgan fingerprint density at radius 2 is 1.86 bits per heavy atom. The summed E-state index contributed by atoms with van der Waals surface area (Å²) in [7, 11) is 1.24. The number of hydrogen-bond acceptors (Lipinski definition) is 6. The van der Waals surface area contributed by atoms with Crippen molar-refractivity contribution in [1.29, 1.82) is 0 Å². The molecule has 1 aliphatic carbocycles. The van der Waals surface area contributed by atoms with Crippen LogP contribution < -0.4 is 16.0 Å². The Morgan fingerprint density at radius 1 is 1.14 bits per heavy atom. The first-order chi connectivity index (χ1) is 16.9. The SMILES string of the molecule is COC(=O)C1=C(N)N(c2cccc(C)c2C)C2=C(C(=O)CC(C)(C)C2)C12C(=O)Nc1ccc(Cl)cc12. The molecule has 0 fully saturated rings. The summed E-state index contributed by atoms with van der Waals surface area (Å²) in [6.07, 6.45) is 0.688. The van der Waals surface area contributed by atoms with Gasteiger partial charge in [-0.05, 0) is 61.1 Å². The normalized spacial score (nSPS) is 22.6. The van der Waals surface area contributed by atoms with Gasteiger partial charge >= 0.3 is 5.97 Å². The zero-order valence-corrected chi connectivity index (χ0v) is 21.7. The predicted octanol–water partition coefficient (Wildman–Crippen LogP) is 4.65. The Kier molecular flexibility index (Phi) is 5.34. The number of nitrogens with two attached hydrogens (primary N) is 1. The third kappa shape index (κ3) is 3.15. The maximum atomic E-state index is 14.0. The Hall–Kier alpha value is -3.58. The monoisotopic (exact) mass is 505 g/mol. The van der Waals surface area contributed by atoms with Crippen LogP contribution in [0.25, 0.3) is 0 Å². The van der Waals surface area contributed by atoms with Crippen molar-refractivity contribution < 1.29 is 19.1 Å². The van der Waals surface area contributed by atoms with E-state index in [9.17, 15) is 14.4 Å². The first-order valence-electron chi connectivity index (χ1n) is 11.8. The zero-order valence-electron chi connectivity index (χ0n) is 20.9. The van der Waals surface area contributed by atoms with Crippen molar-refractivity contribution in [2.45, 2.75) is 46.0 Å². The summed E-state index contributed by atoms with van der Waals surface area (Å²) in [6.45, 7) is 7.97. The third-order valence-corrected chi connectivity index (χ3v) is 7.79. The lowest BCUT2D eigenvalue weighted by molar-refractivity contribution is -0.138. The van der Waals surface area contributed by atoms with Crippen LogP contribution in [0.4, 0.5) is 11.4 Å². The number of carbonyl (C=O) groups excluding carboxylic acids is 3. The molecule has 0 aromatic heterocycles. The topological polar surface area (TPSA) is 102 Å². The van der Waals surface area contributed by atoms with E-state index in [-0.39, 0.29) is 34.6 Å². The summed E-state index contributed by atoms with van der Waals surface area (Å²) in [5.74, 6) is -1.46. The second-order valence-corrected chi connectivity index (χ2v) is 10.9. The first kappa shape index (κ1) is 24.1. The molecule has 1 spiro atoms. The molecule has 1 atom stereocenters. The molecule has 3 aliphatic rings. The molecular formula is C28H28ClN3O4. The molecule has 0 saturated carbocycles. The van der Waals surface area contributed by atoms with Gasteiger partial charge in [0.15, 0.2) is 5.78 Å². The predicted molar refractivity (Wildman–Crippen MR) is 138 cm³/mol. The number of carbonyl (C=O) groups is 3. The molecule has 5 rings (SSSR count). The fourth-order valence-electron chi connectivity index (χ4n) is 5.86. The van der Waals surface area contributed by atoms with Crippen molar-refractivity contribution in [2.24, 2.45) is 11.1 Å². The van der Waals surface area contributed by atoms with Gasteiger partial charge in [-0.3, -0.25) is 14.5 Å². The van der Waals surface area contributed by atoms with E-state index in [1.165, 1.54) is 7.11 Å². The number of rotatable bonds is 2. The second kappa shape index (κ2) is 7.96. The molecular weight excluding hydrogens is 478 g/mol. The van der Waals surface area contributed by atoms with E-state index in [1.807, 2.05) is 45.9 Å². The lowest BCUT2D eigenvalue weighted by Crippen LogP contribution is -2.54. The molecule has 7 nitrogen and oxygen atoms in total. The number of fused-ring (bicyclic) bond motifs is 3. The molecule has 2 aromatic carbocycles. The highest BCUT2D eigenvalue weighted by Gasteiger charge is 2.63. The number of methoxy groups -OCH3 is 1. The summed E-state index contributed by atoms with van der Waals surface area (Å²) in [4.78, 5) is 43.2. The van der Waals surface area contributed by atoms with Gasteiger partial charge < -0.3 is 15.8 Å². The highest BCUT2D eigenvalue weighted by atomic mass is 35.5. The molecule has 1 unspecified atom stereocenters. The van der Waals surface area contributed by atoms with E-state index in [4.69, 9.17) is 22.1 Å². The lowest BCUT2D eigenvalue weighted by atomic mass is 9.60.